The molecule has 0 saturated carbocycles. The number of nitrogens with one attached hydrogen (secondary N) is 1. The first kappa shape index (κ1) is 18.8. The van der Waals surface area contributed by atoms with Gasteiger partial charge in [-0.25, -0.2) is 13.6 Å². The maximum absolute atomic E-state index is 15.3. The van der Waals surface area contributed by atoms with Crippen LogP contribution in [0.1, 0.15) is 30.6 Å². The van der Waals surface area contributed by atoms with E-state index in [1.807, 2.05) is 0 Å². The molecule has 0 spiro atoms. The number of aryl methyl sites for hydroxylation is 1. The fraction of sp³-hybridized carbons (Fsp3) is 0.389. The molecule has 0 radical (unpaired) electrons. The number of hydrogen-bond acceptors (Lipinski definition) is 4. The predicted octanol–water partition coefficient (Wildman–Crippen LogP) is 1.71. The van der Waals surface area contributed by atoms with Crippen molar-refractivity contribution in [3.05, 3.63) is 39.7 Å². The van der Waals surface area contributed by atoms with Gasteiger partial charge in [-0.05, 0) is 19.4 Å². The number of aromatic nitrogens is 1. The van der Waals surface area contributed by atoms with Gasteiger partial charge in [0.2, 0.25) is 11.3 Å². The van der Waals surface area contributed by atoms with Crippen LogP contribution in [0.2, 0.25) is 0 Å². The van der Waals surface area contributed by atoms with Gasteiger partial charge in [-0.15, -0.1) is 0 Å². The number of amides is 1. The van der Waals surface area contributed by atoms with Crippen LogP contribution in [0.3, 0.4) is 0 Å². The summed E-state index contributed by atoms with van der Waals surface area (Å²) < 4.78 is 31.3. The summed E-state index contributed by atoms with van der Waals surface area (Å²) in [5.74, 6) is -3.52. The van der Waals surface area contributed by atoms with Crippen LogP contribution in [0, 0.1) is 11.6 Å². The van der Waals surface area contributed by atoms with Gasteiger partial charge < -0.3 is 19.9 Å². The van der Waals surface area contributed by atoms with Gasteiger partial charge in [-0.3, -0.25) is 9.59 Å². The molecule has 2 heterocycles. The van der Waals surface area contributed by atoms with Gasteiger partial charge in [-0.1, -0.05) is 0 Å². The zero-order valence-corrected chi connectivity index (χ0v) is 14.9. The van der Waals surface area contributed by atoms with Crippen LogP contribution in [-0.2, 0) is 11.3 Å². The molecule has 1 saturated heterocycles. The Bertz CT molecular complexity index is 1000. The molecule has 3 rings (SSSR count). The third-order valence-electron chi connectivity index (χ3n) is 4.71. The van der Waals surface area contributed by atoms with Gasteiger partial charge in [0.05, 0.1) is 10.9 Å². The molecule has 2 N–H and O–H groups in total. The van der Waals surface area contributed by atoms with Gasteiger partial charge in [-0.2, -0.15) is 0 Å². The minimum absolute atomic E-state index is 0.133. The molecule has 1 unspecified atom stereocenters. The third kappa shape index (κ3) is 3.24. The number of carboxylic acid groups (broad SMARTS) is 1. The van der Waals surface area contributed by atoms with Gasteiger partial charge in [0.1, 0.15) is 17.1 Å². The van der Waals surface area contributed by atoms with E-state index in [1.165, 1.54) is 16.4 Å². The largest absolute Gasteiger partial charge is 0.477 e. The Hall–Kier alpha value is -2.97. The number of halogens is 2. The van der Waals surface area contributed by atoms with Crippen molar-refractivity contribution in [2.24, 2.45) is 0 Å². The Morgan fingerprint density at radius 2 is 2.07 bits per heavy atom. The molecule has 7 nitrogen and oxygen atoms in total. The van der Waals surface area contributed by atoms with E-state index in [1.54, 1.807) is 6.92 Å². The highest BCUT2D eigenvalue weighted by atomic mass is 19.1. The fourth-order valence-electron chi connectivity index (χ4n) is 3.54. The maximum atomic E-state index is 15.3. The number of carboxylic acids is 1. The van der Waals surface area contributed by atoms with E-state index >= 15 is 4.39 Å². The molecule has 0 aliphatic carbocycles. The standard InChI is InChI=1S/C18H19F2N3O4/c1-3-22-8-12(18(26)27)17(25)11-6-13(19)16(14(20)15(11)22)23-5-4-10(7-23)21-9(2)24/h6,8,10H,3-5,7H2,1-2H3,(H,21,24)(H,26,27). The molecule has 1 atom stereocenters. The molecule has 144 valence electrons. The second kappa shape index (κ2) is 6.98. The summed E-state index contributed by atoms with van der Waals surface area (Å²) in [6.07, 6.45) is 1.61. The topological polar surface area (TPSA) is 91.6 Å². The molecule has 1 amide bonds. The number of hydrogen-bond donors (Lipinski definition) is 2. The number of pyridine rings is 1. The van der Waals surface area contributed by atoms with E-state index in [0.717, 1.165) is 12.3 Å². The number of aromatic carboxylic acids is 1. The molecule has 1 aliphatic rings. The number of benzene rings is 1. The summed E-state index contributed by atoms with van der Waals surface area (Å²) in [4.78, 5) is 36.3. The number of carbonyl (C=O) groups excluding carboxylic acids is 1. The van der Waals surface area contributed by atoms with Crippen LogP contribution in [0.25, 0.3) is 10.9 Å². The van der Waals surface area contributed by atoms with E-state index in [-0.39, 0.29) is 41.6 Å². The van der Waals surface area contributed by atoms with Crippen LogP contribution in [-0.4, -0.2) is 40.7 Å². The van der Waals surface area contributed by atoms with Crippen molar-refractivity contribution in [2.75, 3.05) is 18.0 Å². The minimum atomic E-state index is -1.45. The normalized spacial score (nSPS) is 16.7. The number of fused-ring (bicyclic) bond motifs is 1. The van der Waals surface area contributed by atoms with E-state index in [0.29, 0.717) is 13.0 Å². The third-order valence-corrected chi connectivity index (χ3v) is 4.71. The van der Waals surface area contributed by atoms with E-state index < -0.39 is 28.6 Å². The zero-order chi connectivity index (χ0) is 19.9. The average Bonchev–Trinajstić information content (AvgIpc) is 3.02. The fourth-order valence-corrected chi connectivity index (χ4v) is 3.54. The Labute approximate surface area is 153 Å². The lowest BCUT2D eigenvalue weighted by molar-refractivity contribution is -0.119. The number of carbonyl (C=O) groups is 2. The van der Waals surface area contributed by atoms with E-state index in [4.69, 9.17) is 5.11 Å². The molecule has 27 heavy (non-hydrogen) atoms. The van der Waals surface area contributed by atoms with Crippen molar-refractivity contribution >= 4 is 28.5 Å². The monoisotopic (exact) mass is 379 g/mol. The first-order valence-corrected chi connectivity index (χ1v) is 8.55. The summed E-state index contributed by atoms with van der Waals surface area (Å²) >= 11 is 0. The molecule has 1 aromatic carbocycles. The van der Waals surface area contributed by atoms with Gasteiger partial charge in [0.25, 0.3) is 0 Å². The van der Waals surface area contributed by atoms with Crippen molar-refractivity contribution in [3.8, 4) is 0 Å². The molecule has 1 aromatic heterocycles. The van der Waals surface area contributed by atoms with Gasteiger partial charge in [0, 0.05) is 38.8 Å². The van der Waals surface area contributed by atoms with Crippen molar-refractivity contribution in [3.63, 3.8) is 0 Å². The summed E-state index contributed by atoms with van der Waals surface area (Å²) in [6, 6.07) is 0.667. The minimum Gasteiger partial charge on any atom is -0.477 e. The van der Waals surface area contributed by atoms with E-state index in [2.05, 4.69) is 5.32 Å². The molecule has 1 aliphatic heterocycles. The summed E-state index contributed by atoms with van der Waals surface area (Å²) in [7, 11) is 0. The van der Waals surface area contributed by atoms with Crippen molar-refractivity contribution in [2.45, 2.75) is 32.9 Å². The quantitative estimate of drug-likeness (QED) is 0.844. The first-order valence-electron chi connectivity index (χ1n) is 8.55. The molecule has 0 bridgehead atoms. The Morgan fingerprint density at radius 3 is 2.67 bits per heavy atom. The average molecular weight is 379 g/mol. The SMILES string of the molecule is CCn1cc(C(=O)O)c(=O)c2cc(F)c(N3CCC(NC(C)=O)C3)c(F)c21. The second-order valence-electron chi connectivity index (χ2n) is 6.51. The first-order chi connectivity index (χ1) is 12.7. The van der Waals surface area contributed by atoms with Crippen LogP contribution >= 0.6 is 0 Å². The summed E-state index contributed by atoms with van der Waals surface area (Å²) in [5, 5.41) is 11.6. The lowest BCUT2D eigenvalue weighted by Gasteiger charge is -2.22. The van der Waals surface area contributed by atoms with E-state index in [9.17, 15) is 18.8 Å². The summed E-state index contributed by atoms with van der Waals surface area (Å²) in [6.45, 7) is 3.82. The van der Waals surface area contributed by atoms with Crippen molar-refractivity contribution in [1.82, 2.24) is 9.88 Å². The molecular weight excluding hydrogens is 360 g/mol. The van der Waals surface area contributed by atoms with Gasteiger partial charge in [0.15, 0.2) is 5.82 Å². The van der Waals surface area contributed by atoms with Crippen LogP contribution in [0.15, 0.2) is 17.1 Å². The van der Waals surface area contributed by atoms with Gasteiger partial charge >= 0.3 is 5.97 Å². The van der Waals surface area contributed by atoms with Crippen molar-refractivity contribution in [1.29, 1.82) is 0 Å². The second-order valence-corrected chi connectivity index (χ2v) is 6.51. The Morgan fingerprint density at radius 1 is 1.37 bits per heavy atom. The molecular formula is C18H19F2N3O4. The predicted molar refractivity (Wildman–Crippen MR) is 95.2 cm³/mol. The molecule has 9 heteroatoms. The number of rotatable bonds is 4. The lowest BCUT2D eigenvalue weighted by Crippen LogP contribution is -2.36. The zero-order valence-electron chi connectivity index (χ0n) is 14.9. The Kier molecular flexibility index (Phi) is 4.86. The summed E-state index contributed by atoms with van der Waals surface area (Å²) in [5.41, 5.74) is -1.88. The highest BCUT2D eigenvalue weighted by Crippen LogP contribution is 2.32. The lowest BCUT2D eigenvalue weighted by atomic mass is 10.1. The van der Waals surface area contributed by atoms with Crippen molar-refractivity contribution < 1.29 is 23.5 Å². The number of nitrogens with zero attached hydrogens (tertiary/aromatic N) is 2. The maximum Gasteiger partial charge on any atom is 0.341 e. The van der Waals surface area contributed by atoms with Crippen LogP contribution < -0.4 is 15.6 Å². The highest BCUT2D eigenvalue weighted by molar-refractivity contribution is 5.93. The van der Waals surface area contributed by atoms with Crippen LogP contribution in [0.4, 0.5) is 14.5 Å². The Balaban J connectivity index is 2.17. The highest BCUT2D eigenvalue weighted by Gasteiger charge is 2.30. The molecule has 2 aromatic rings. The van der Waals surface area contributed by atoms with Crippen LogP contribution in [0.5, 0.6) is 0 Å². The smallest absolute Gasteiger partial charge is 0.341 e. The number of anilines is 1. The molecule has 1 fully saturated rings.